The zero-order valence-corrected chi connectivity index (χ0v) is 8.12. The molecule has 0 spiro atoms. The summed E-state index contributed by atoms with van der Waals surface area (Å²) in [6, 6.07) is 0. The minimum atomic E-state index is 0.0700. The highest BCUT2D eigenvalue weighted by Crippen LogP contribution is 2.47. The molecule has 0 aromatic heterocycles. The summed E-state index contributed by atoms with van der Waals surface area (Å²) in [4.78, 5) is 0. The molecule has 0 amide bonds. The average Bonchev–Trinajstić information content (AvgIpc) is 2.77. The van der Waals surface area contributed by atoms with E-state index in [9.17, 15) is 0 Å². The van der Waals surface area contributed by atoms with E-state index in [1.807, 2.05) is 0 Å². The van der Waals surface area contributed by atoms with E-state index in [2.05, 4.69) is 55.3 Å². The van der Waals surface area contributed by atoms with Crippen molar-refractivity contribution in [3.05, 3.63) is 48.6 Å². The summed E-state index contributed by atoms with van der Waals surface area (Å²) < 4.78 is 0. The Hall–Kier alpha value is -0.610. The van der Waals surface area contributed by atoms with Gasteiger partial charge in [-0.3, -0.25) is 0 Å². The van der Waals surface area contributed by atoms with Crippen molar-refractivity contribution in [1.29, 1.82) is 0 Å². The van der Waals surface area contributed by atoms with Crippen molar-refractivity contribution in [2.75, 3.05) is 6.66 Å². The van der Waals surface area contributed by atoms with Crippen molar-refractivity contribution < 1.29 is 0 Å². The Balaban J connectivity index is 2.04. The van der Waals surface area contributed by atoms with Crippen molar-refractivity contribution in [2.45, 2.75) is 11.3 Å². The molecule has 2 rings (SSSR count). The van der Waals surface area contributed by atoms with E-state index in [0.717, 1.165) is 0 Å². The summed E-state index contributed by atoms with van der Waals surface area (Å²) in [7, 11) is 0.0700. The van der Waals surface area contributed by atoms with Gasteiger partial charge in [-0.2, -0.15) is 0 Å². The van der Waals surface area contributed by atoms with Gasteiger partial charge in [0, 0.05) is 11.3 Å². The van der Waals surface area contributed by atoms with Gasteiger partial charge in [-0.1, -0.05) is 56.5 Å². The largest absolute Gasteiger partial charge is 0.0878 e. The Morgan fingerprint density at radius 2 is 1.08 bits per heavy atom. The van der Waals surface area contributed by atoms with Gasteiger partial charge >= 0.3 is 0 Å². The quantitative estimate of drug-likeness (QED) is 0.567. The van der Waals surface area contributed by atoms with Gasteiger partial charge in [-0.25, -0.2) is 0 Å². The van der Waals surface area contributed by atoms with Crippen molar-refractivity contribution in [2.24, 2.45) is 0 Å². The SMILES string of the molecule is CP(C1C=CC=C1)C1C=CC=C1. The molecule has 0 nitrogen and oxygen atoms in total. The van der Waals surface area contributed by atoms with Crippen molar-refractivity contribution >= 4 is 7.92 Å². The maximum atomic E-state index is 2.38. The molecule has 0 bridgehead atoms. The molecule has 0 fully saturated rings. The van der Waals surface area contributed by atoms with Gasteiger partial charge in [0.15, 0.2) is 0 Å². The number of rotatable bonds is 2. The van der Waals surface area contributed by atoms with Gasteiger partial charge in [0.1, 0.15) is 0 Å². The Labute approximate surface area is 75.1 Å². The Morgan fingerprint density at radius 1 is 0.750 bits per heavy atom. The minimum absolute atomic E-state index is 0.0700. The minimum Gasteiger partial charge on any atom is -0.0878 e. The molecule has 0 atom stereocenters. The first-order chi connectivity index (χ1) is 5.88. The smallest absolute Gasteiger partial charge is 0.0162 e. The van der Waals surface area contributed by atoms with E-state index in [1.165, 1.54) is 0 Å². The molecule has 0 saturated heterocycles. The summed E-state index contributed by atoms with van der Waals surface area (Å²) >= 11 is 0. The summed E-state index contributed by atoms with van der Waals surface area (Å²) in [5, 5.41) is 0. The molecular weight excluding hydrogens is 163 g/mol. The second-order valence-corrected chi connectivity index (χ2v) is 5.71. The highest BCUT2D eigenvalue weighted by molar-refractivity contribution is 7.59. The molecule has 2 aliphatic rings. The molecule has 1 heteroatoms. The van der Waals surface area contributed by atoms with Crippen LogP contribution in [0.25, 0.3) is 0 Å². The first-order valence-electron chi connectivity index (χ1n) is 4.30. The monoisotopic (exact) mass is 176 g/mol. The molecule has 62 valence electrons. The number of hydrogen-bond acceptors (Lipinski definition) is 0. The Kier molecular flexibility index (Phi) is 2.28. The first kappa shape index (κ1) is 8.01. The van der Waals surface area contributed by atoms with E-state index in [0.29, 0.717) is 11.3 Å². The van der Waals surface area contributed by atoms with Crippen LogP contribution in [0, 0.1) is 0 Å². The molecule has 0 saturated carbocycles. The number of allylic oxidation sites excluding steroid dienone is 8. The fourth-order valence-corrected chi connectivity index (χ4v) is 3.46. The molecule has 0 radical (unpaired) electrons. The summed E-state index contributed by atoms with van der Waals surface area (Å²) in [5.74, 6) is 0. The van der Waals surface area contributed by atoms with Crippen molar-refractivity contribution in [1.82, 2.24) is 0 Å². The molecule has 0 N–H and O–H groups in total. The number of hydrogen-bond donors (Lipinski definition) is 0. The third kappa shape index (κ3) is 1.44. The van der Waals surface area contributed by atoms with Crippen LogP contribution in [0.1, 0.15) is 0 Å². The van der Waals surface area contributed by atoms with Crippen LogP contribution < -0.4 is 0 Å². The van der Waals surface area contributed by atoms with Crippen LogP contribution in [0.15, 0.2) is 48.6 Å². The zero-order valence-electron chi connectivity index (χ0n) is 7.22. The molecule has 0 aliphatic heterocycles. The first-order valence-corrected chi connectivity index (χ1v) is 6.22. The molecule has 2 aliphatic carbocycles. The fourth-order valence-electron chi connectivity index (χ4n) is 1.58. The molecule has 0 aromatic rings. The lowest BCUT2D eigenvalue weighted by molar-refractivity contribution is 1.33. The highest BCUT2D eigenvalue weighted by Gasteiger charge is 2.19. The lowest BCUT2D eigenvalue weighted by atomic mass is 10.4. The summed E-state index contributed by atoms with van der Waals surface area (Å²) in [5.41, 5.74) is 1.41. The maximum Gasteiger partial charge on any atom is 0.0162 e. The van der Waals surface area contributed by atoms with Gasteiger partial charge in [-0.15, -0.1) is 0 Å². The summed E-state index contributed by atoms with van der Waals surface area (Å²) in [6.45, 7) is 2.38. The Bertz CT molecular complexity index is 219. The fraction of sp³-hybridized carbons (Fsp3) is 0.273. The average molecular weight is 176 g/mol. The Morgan fingerprint density at radius 3 is 1.42 bits per heavy atom. The molecule has 0 aromatic carbocycles. The lowest BCUT2D eigenvalue weighted by Crippen LogP contribution is -2.04. The molecule has 0 unspecified atom stereocenters. The van der Waals surface area contributed by atoms with Gasteiger partial charge in [0.2, 0.25) is 0 Å². The zero-order chi connectivity index (χ0) is 8.39. The van der Waals surface area contributed by atoms with Gasteiger partial charge in [0.05, 0.1) is 0 Å². The van der Waals surface area contributed by atoms with Gasteiger partial charge in [0.25, 0.3) is 0 Å². The van der Waals surface area contributed by atoms with Crippen molar-refractivity contribution in [3.63, 3.8) is 0 Å². The lowest BCUT2D eigenvalue weighted by Gasteiger charge is -2.20. The van der Waals surface area contributed by atoms with Crippen LogP contribution in [0.2, 0.25) is 0 Å². The van der Waals surface area contributed by atoms with E-state index in [-0.39, 0.29) is 7.92 Å². The van der Waals surface area contributed by atoms with Crippen molar-refractivity contribution in [3.8, 4) is 0 Å². The third-order valence-electron chi connectivity index (χ3n) is 2.40. The molecule has 0 heterocycles. The second-order valence-electron chi connectivity index (χ2n) is 3.19. The van der Waals surface area contributed by atoms with Gasteiger partial charge < -0.3 is 0 Å². The predicted molar refractivity (Wildman–Crippen MR) is 57.0 cm³/mol. The van der Waals surface area contributed by atoms with E-state index in [4.69, 9.17) is 0 Å². The van der Waals surface area contributed by atoms with E-state index < -0.39 is 0 Å². The van der Waals surface area contributed by atoms with Crippen LogP contribution in [0.5, 0.6) is 0 Å². The van der Waals surface area contributed by atoms with Crippen LogP contribution in [-0.2, 0) is 0 Å². The highest BCUT2D eigenvalue weighted by atomic mass is 31.1. The van der Waals surface area contributed by atoms with E-state index in [1.54, 1.807) is 0 Å². The van der Waals surface area contributed by atoms with Gasteiger partial charge in [-0.05, 0) is 6.66 Å². The maximum absolute atomic E-state index is 2.38. The topological polar surface area (TPSA) is 0 Å². The predicted octanol–water partition coefficient (Wildman–Crippen LogP) is 3.09. The van der Waals surface area contributed by atoms with Crippen LogP contribution in [0.3, 0.4) is 0 Å². The standard InChI is InChI=1S/C11H13P/c1-12(10-6-2-3-7-10)11-8-4-5-9-11/h2-11H,1H3. The third-order valence-corrected chi connectivity index (χ3v) is 4.97. The molecular formula is C11H13P. The van der Waals surface area contributed by atoms with Crippen LogP contribution in [-0.4, -0.2) is 18.0 Å². The van der Waals surface area contributed by atoms with Crippen LogP contribution in [0.4, 0.5) is 0 Å². The van der Waals surface area contributed by atoms with Crippen LogP contribution >= 0.6 is 7.92 Å². The molecule has 12 heavy (non-hydrogen) atoms. The summed E-state index contributed by atoms with van der Waals surface area (Å²) in [6.07, 6.45) is 17.9. The normalized spacial score (nSPS) is 22.2. The second kappa shape index (κ2) is 3.41. The van der Waals surface area contributed by atoms with E-state index >= 15 is 0 Å².